The van der Waals surface area contributed by atoms with Crippen molar-refractivity contribution in [3.8, 4) is 11.5 Å². The summed E-state index contributed by atoms with van der Waals surface area (Å²) in [5.41, 5.74) is 1.30. The third-order valence-corrected chi connectivity index (χ3v) is 5.71. The van der Waals surface area contributed by atoms with Crippen molar-refractivity contribution in [1.29, 1.82) is 0 Å². The Morgan fingerprint density at radius 2 is 1.97 bits per heavy atom. The van der Waals surface area contributed by atoms with E-state index in [1.807, 2.05) is 19.1 Å². The van der Waals surface area contributed by atoms with Gasteiger partial charge in [0.05, 0.1) is 22.2 Å². The molecule has 1 heterocycles. The van der Waals surface area contributed by atoms with Gasteiger partial charge in [-0.1, -0.05) is 65.9 Å². The molecule has 8 heteroatoms. The van der Waals surface area contributed by atoms with Crippen LogP contribution in [-0.4, -0.2) is 23.4 Å². The average molecular weight is 466 g/mol. The molecule has 0 bridgehead atoms. The standard InChI is InChI=1S/C21H17Cl2NO3S2/c1-3-9-27-17-8-5-13(10-18(17)26-4-2)11-19-20(25)24(21(28)29-19)16-7-6-14(22)12-15(16)23/h3,5-8,10-12H,1,4,9H2,2H3/b19-11-. The van der Waals surface area contributed by atoms with Crippen LogP contribution in [0.2, 0.25) is 10.0 Å². The highest BCUT2D eigenvalue weighted by Gasteiger charge is 2.34. The minimum atomic E-state index is -0.242. The SMILES string of the molecule is C=CCOc1ccc(/C=C2\SC(=S)N(c3ccc(Cl)cc3Cl)C2=O)cc1OCC. The molecule has 3 rings (SSSR count). The van der Waals surface area contributed by atoms with E-state index in [9.17, 15) is 4.79 Å². The fourth-order valence-corrected chi connectivity index (χ4v) is 4.42. The van der Waals surface area contributed by atoms with E-state index in [0.717, 1.165) is 5.56 Å². The van der Waals surface area contributed by atoms with Gasteiger partial charge in [-0.15, -0.1) is 0 Å². The van der Waals surface area contributed by atoms with Gasteiger partial charge >= 0.3 is 0 Å². The molecule has 2 aromatic rings. The molecule has 0 aromatic heterocycles. The Bertz CT molecular complexity index is 1010. The maximum atomic E-state index is 13.0. The summed E-state index contributed by atoms with van der Waals surface area (Å²) in [6.45, 7) is 6.41. The fourth-order valence-electron chi connectivity index (χ4n) is 2.64. The van der Waals surface area contributed by atoms with Gasteiger partial charge in [0, 0.05) is 5.02 Å². The Hall–Kier alpha value is -1.99. The molecule has 0 unspecified atom stereocenters. The monoisotopic (exact) mass is 465 g/mol. The Balaban J connectivity index is 1.90. The molecule has 4 nitrogen and oxygen atoms in total. The van der Waals surface area contributed by atoms with Crippen molar-refractivity contribution < 1.29 is 14.3 Å². The number of ether oxygens (including phenoxy) is 2. The van der Waals surface area contributed by atoms with E-state index in [4.69, 9.17) is 44.9 Å². The number of amides is 1. The minimum Gasteiger partial charge on any atom is -0.490 e. The predicted molar refractivity (Wildman–Crippen MR) is 125 cm³/mol. The smallest absolute Gasteiger partial charge is 0.270 e. The molecule has 0 N–H and O–H groups in total. The molecule has 0 atom stereocenters. The van der Waals surface area contributed by atoms with Gasteiger partial charge in [0.15, 0.2) is 15.8 Å². The molecule has 0 aliphatic carbocycles. The van der Waals surface area contributed by atoms with Gasteiger partial charge in [0.25, 0.3) is 5.91 Å². The number of hydrogen-bond donors (Lipinski definition) is 0. The molecule has 1 saturated heterocycles. The molecule has 1 aliphatic rings. The topological polar surface area (TPSA) is 38.8 Å². The quantitative estimate of drug-likeness (QED) is 0.270. The normalized spacial score (nSPS) is 15.1. The maximum absolute atomic E-state index is 13.0. The summed E-state index contributed by atoms with van der Waals surface area (Å²) in [6, 6.07) is 10.4. The van der Waals surface area contributed by atoms with Crippen molar-refractivity contribution in [3.63, 3.8) is 0 Å². The lowest BCUT2D eigenvalue weighted by Crippen LogP contribution is -2.27. The van der Waals surface area contributed by atoms with Gasteiger partial charge in [0.2, 0.25) is 0 Å². The zero-order chi connectivity index (χ0) is 21.0. The first-order valence-electron chi connectivity index (χ1n) is 8.68. The minimum absolute atomic E-state index is 0.242. The third-order valence-electron chi connectivity index (χ3n) is 3.87. The van der Waals surface area contributed by atoms with Crippen molar-refractivity contribution >= 4 is 69.2 Å². The number of thioether (sulfide) groups is 1. The van der Waals surface area contributed by atoms with E-state index < -0.39 is 0 Å². The average Bonchev–Trinajstić information content (AvgIpc) is 2.95. The van der Waals surface area contributed by atoms with Gasteiger partial charge in [-0.05, 0) is 48.9 Å². The van der Waals surface area contributed by atoms with Crippen molar-refractivity contribution in [2.75, 3.05) is 18.1 Å². The maximum Gasteiger partial charge on any atom is 0.270 e. The van der Waals surface area contributed by atoms with Crippen molar-refractivity contribution in [3.05, 3.63) is 69.6 Å². The summed E-state index contributed by atoms with van der Waals surface area (Å²) in [6.07, 6.45) is 3.43. The molecule has 0 saturated carbocycles. The van der Waals surface area contributed by atoms with Crippen LogP contribution in [-0.2, 0) is 4.79 Å². The summed E-state index contributed by atoms with van der Waals surface area (Å²) >= 11 is 18.8. The summed E-state index contributed by atoms with van der Waals surface area (Å²) in [5, 5.41) is 0.847. The highest BCUT2D eigenvalue weighted by atomic mass is 35.5. The van der Waals surface area contributed by atoms with Gasteiger partial charge in [-0.3, -0.25) is 9.69 Å². The van der Waals surface area contributed by atoms with E-state index in [2.05, 4.69) is 6.58 Å². The van der Waals surface area contributed by atoms with Crippen molar-refractivity contribution in [2.24, 2.45) is 0 Å². The number of anilines is 1. The van der Waals surface area contributed by atoms with Gasteiger partial charge in [-0.2, -0.15) is 0 Å². The van der Waals surface area contributed by atoms with E-state index in [1.165, 1.54) is 16.7 Å². The molecule has 2 aromatic carbocycles. The number of benzene rings is 2. The summed E-state index contributed by atoms with van der Waals surface area (Å²) in [4.78, 5) is 14.9. The van der Waals surface area contributed by atoms with Crippen LogP contribution in [0.5, 0.6) is 11.5 Å². The van der Waals surface area contributed by atoms with E-state index in [1.54, 1.807) is 36.4 Å². The number of rotatable bonds is 7. The molecule has 1 aliphatic heterocycles. The van der Waals surface area contributed by atoms with Crippen molar-refractivity contribution in [2.45, 2.75) is 6.92 Å². The van der Waals surface area contributed by atoms with Crippen LogP contribution in [0, 0.1) is 0 Å². The number of halogens is 2. The van der Waals surface area contributed by atoms with Crippen molar-refractivity contribution in [1.82, 2.24) is 0 Å². The van der Waals surface area contributed by atoms with Crippen LogP contribution >= 0.6 is 47.2 Å². The summed E-state index contributed by atoms with van der Waals surface area (Å²) in [5.74, 6) is 0.970. The molecule has 0 radical (unpaired) electrons. The summed E-state index contributed by atoms with van der Waals surface area (Å²) in [7, 11) is 0. The van der Waals surface area contributed by atoms with Crippen LogP contribution in [0.15, 0.2) is 54.0 Å². The fraction of sp³-hybridized carbons (Fsp3) is 0.143. The lowest BCUT2D eigenvalue weighted by Gasteiger charge is -2.16. The largest absolute Gasteiger partial charge is 0.490 e. The second-order valence-corrected chi connectivity index (χ2v) is 8.37. The van der Waals surface area contributed by atoms with Crippen LogP contribution < -0.4 is 14.4 Å². The van der Waals surface area contributed by atoms with E-state index in [-0.39, 0.29) is 5.91 Å². The first-order valence-corrected chi connectivity index (χ1v) is 10.7. The van der Waals surface area contributed by atoms with E-state index in [0.29, 0.717) is 49.7 Å². The van der Waals surface area contributed by atoms with Crippen LogP contribution in [0.25, 0.3) is 6.08 Å². The molecular weight excluding hydrogens is 449 g/mol. The zero-order valence-electron chi connectivity index (χ0n) is 15.5. The van der Waals surface area contributed by atoms with Gasteiger partial charge in [0.1, 0.15) is 6.61 Å². The highest BCUT2D eigenvalue weighted by molar-refractivity contribution is 8.27. The first-order chi connectivity index (χ1) is 13.9. The third kappa shape index (κ3) is 4.95. The molecule has 29 heavy (non-hydrogen) atoms. The van der Waals surface area contributed by atoms with E-state index >= 15 is 0 Å². The molecule has 1 amide bonds. The van der Waals surface area contributed by atoms with Crippen LogP contribution in [0.1, 0.15) is 12.5 Å². The molecule has 0 spiro atoms. The predicted octanol–water partition coefficient (Wildman–Crippen LogP) is 6.36. The van der Waals surface area contributed by atoms with Crippen LogP contribution in [0.4, 0.5) is 5.69 Å². The number of carbonyl (C=O) groups is 1. The molecular formula is C21H17Cl2NO3S2. The second kappa shape index (κ2) is 9.67. The highest BCUT2D eigenvalue weighted by Crippen LogP contribution is 2.40. The zero-order valence-corrected chi connectivity index (χ0v) is 18.6. The molecule has 150 valence electrons. The van der Waals surface area contributed by atoms with Gasteiger partial charge in [-0.25, -0.2) is 0 Å². The number of nitrogens with zero attached hydrogens (tertiary/aromatic N) is 1. The number of carbonyl (C=O) groups excluding carboxylic acids is 1. The Morgan fingerprint density at radius 1 is 1.17 bits per heavy atom. The van der Waals surface area contributed by atoms with Gasteiger partial charge < -0.3 is 9.47 Å². The Labute approximate surface area is 189 Å². The van der Waals surface area contributed by atoms with Crippen LogP contribution in [0.3, 0.4) is 0 Å². The lowest BCUT2D eigenvalue weighted by molar-refractivity contribution is -0.113. The number of thiocarbonyl (C=S) groups is 1. The second-order valence-electron chi connectivity index (χ2n) is 5.85. The Kier molecular flexibility index (Phi) is 7.24. The molecule has 1 fully saturated rings. The first kappa shape index (κ1) is 21.7. The summed E-state index contributed by atoms with van der Waals surface area (Å²) < 4.78 is 11.7. The lowest BCUT2D eigenvalue weighted by atomic mass is 10.1. The number of hydrogen-bond acceptors (Lipinski definition) is 5. The Morgan fingerprint density at radius 3 is 2.66 bits per heavy atom.